The van der Waals surface area contributed by atoms with Crippen molar-refractivity contribution in [1.82, 2.24) is 20.1 Å². The summed E-state index contributed by atoms with van der Waals surface area (Å²) in [5.74, 6) is 4.56. The fraction of sp³-hybridized carbons (Fsp3) is 0.520. The van der Waals surface area contributed by atoms with Crippen LogP contribution in [0.3, 0.4) is 0 Å². The van der Waals surface area contributed by atoms with Gasteiger partial charge in [-0.2, -0.15) is 5.10 Å². The fourth-order valence-electron chi connectivity index (χ4n) is 6.50. The topological polar surface area (TPSA) is 101 Å². The number of aromatic nitrogens is 3. The number of hydrogen-bond donors (Lipinski definition) is 2. The van der Waals surface area contributed by atoms with Gasteiger partial charge in [-0.15, -0.1) is 0 Å². The average molecular weight is 444 g/mol. The Labute approximate surface area is 193 Å². The molecule has 8 nitrogen and oxygen atoms in total. The van der Waals surface area contributed by atoms with Gasteiger partial charge in [0.25, 0.3) is 5.91 Å². The Morgan fingerprint density at radius 2 is 2.15 bits per heavy atom. The van der Waals surface area contributed by atoms with Crippen LogP contribution in [0, 0.1) is 24.7 Å². The number of amides is 1. The number of rotatable bonds is 5. The molecule has 2 aromatic heterocycles. The largest absolute Gasteiger partial charge is 0.384 e. The van der Waals surface area contributed by atoms with Crippen LogP contribution in [0.15, 0.2) is 40.7 Å². The van der Waals surface area contributed by atoms with Gasteiger partial charge in [0.15, 0.2) is 0 Å². The monoisotopic (exact) mass is 443 g/mol. The summed E-state index contributed by atoms with van der Waals surface area (Å²) >= 11 is 0. The van der Waals surface area contributed by atoms with Crippen LogP contribution < -0.4 is 16.0 Å². The molecular weight excluding hydrogens is 414 g/mol. The van der Waals surface area contributed by atoms with Crippen molar-refractivity contribution in [3.8, 4) is 0 Å². The van der Waals surface area contributed by atoms with Crippen molar-refractivity contribution in [3.05, 3.63) is 52.5 Å². The van der Waals surface area contributed by atoms with E-state index in [0.717, 1.165) is 65.7 Å². The highest BCUT2D eigenvalue weighted by molar-refractivity contribution is 6.00. The summed E-state index contributed by atoms with van der Waals surface area (Å²) < 4.78 is 1.82. The first-order valence-corrected chi connectivity index (χ1v) is 12.1. The van der Waals surface area contributed by atoms with E-state index in [1.54, 1.807) is 6.20 Å². The van der Waals surface area contributed by atoms with Gasteiger partial charge in [-0.05, 0) is 73.6 Å². The molecule has 2 saturated carbocycles. The quantitative estimate of drug-likeness (QED) is 0.736. The van der Waals surface area contributed by atoms with Crippen LogP contribution in [0.2, 0.25) is 0 Å². The van der Waals surface area contributed by atoms with Gasteiger partial charge >= 0.3 is 0 Å². The van der Waals surface area contributed by atoms with E-state index in [1.807, 2.05) is 10.9 Å². The summed E-state index contributed by atoms with van der Waals surface area (Å²) in [5.41, 5.74) is 11.2. The van der Waals surface area contributed by atoms with E-state index in [-0.39, 0.29) is 18.0 Å². The van der Waals surface area contributed by atoms with Crippen molar-refractivity contribution >= 4 is 17.6 Å². The zero-order chi connectivity index (χ0) is 22.4. The molecule has 3 unspecified atom stereocenters. The number of aryl methyl sites for hydroxylation is 1. The van der Waals surface area contributed by atoms with Gasteiger partial charge < -0.3 is 16.0 Å². The van der Waals surface area contributed by atoms with E-state index in [2.05, 4.69) is 46.3 Å². The average Bonchev–Trinajstić information content (AvgIpc) is 3.31. The summed E-state index contributed by atoms with van der Waals surface area (Å²) in [6.45, 7) is 5.92. The second-order valence-electron chi connectivity index (χ2n) is 10.4. The van der Waals surface area contributed by atoms with Gasteiger partial charge in [0.05, 0.1) is 30.4 Å². The number of carbonyl (C=O) groups excluding carboxylic acids is 1. The number of aliphatic imine (C=N–C) groups is 1. The highest BCUT2D eigenvalue weighted by atomic mass is 16.1. The first-order valence-electron chi connectivity index (χ1n) is 12.1. The molecule has 6 aliphatic rings. The molecule has 1 amide bonds. The minimum atomic E-state index is -0.0885. The number of nitrogens with two attached hydrogens (primary N) is 1. The van der Waals surface area contributed by atoms with E-state index < -0.39 is 0 Å². The molecule has 4 atom stereocenters. The van der Waals surface area contributed by atoms with Crippen molar-refractivity contribution in [2.75, 3.05) is 11.4 Å². The second-order valence-corrected chi connectivity index (χ2v) is 10.4. The third kappa shape index (κ3) is 2.96. The lowest BCUT2D eigenvalue weighted by molar-refractivity contribution is 0.0942. The highest BCUT2D eigenvalue weighted by Crippen LogP contribution is 2.75. The molecule has 2 aromatic rings. The Balaban J connectivity index is 1.02. The minimum Gasteiger partial charge on any atom is -0.384 e. The van der Waals surface area contributed by atoms with Crippen molar-refractivity contribution in [1.29, 1.82) is 0 Å². The molecule has 3 aliphatic carbocycles. The van der Waals surface area contributed by atoms with Gasteiger partial charge in [-0.1, -0.05) is 6.07 Å². The first kappa shape index (κ1) is 19.3. The zero-order valence-corrected chi connectivity index (χ0v) is 19.0. The molecule has 5 heterocycles. The number of nitrogens with one attached hydrogen (secondary N) is 1. The van der Waals surface area contributed by atoms with Crippen LogP contribution in [0.4, 0.5) is 5.82 Å². The van der Waals surface area contributed by atoms with Gasteiger partial charge in [0, 0.05) is 24.5 Å². The number of nitrogens with zero attached hydrogens (tertiary/aromatic N) is 5. The molecule has 4 fully saturated rings. The van der Waals surface area contributed by atoms with Crippen molar-refractivity contribution in [2.45, 2.75) is 57.8 Å². The number of dihydropyridines is 1. The van der Waals surface area contributed by atoms with E-state index in [9.17, 15) is 4.79 Å². The zero-order valence-electron chi connectivity index (χ0n) is 19.0. The van der Waals surface area contributed by atoms with Crippen LogP contribution in [0.5, 0.6) is 0 Å². The first-order chi connectivity index (χ1) is 16.0. The Morgan fingerprint density at radius 3 is 2.91 bits per heavy atom. The normalized spacial score (nSPS) is 33.0. The molecule has 8 heteroatoms. The maximum Gasteiger partial charge on any atom is 0.254 e. The molecule has 8 rings (SSSR count). The van der Waals surface area contributed by atoms with Crippen LogP contribution in [0.1, 0.15) is 47.8 Å². The smallest absolute Gasteiger partial charge is 0.254 e. The molecule has 3 aliphatic heterocycles. The highest BCUT2D eigenvalue weighted by Gasteiger charge is 2.80. The summed E-state index contributed by atoms with van der Waals surface area (Å²) in [5, 5.41) is 7.64. The minimum absolute atomic E-state index is 0.0322. The summed E-state index contributed by atoms with van der Waals surface area (Å²) in [6, 6.07) is 5.28. The third-order valence-electron chi connectivity index (χ3n) is 8.39. The van der Waals surface area contributed by atoms with Gasteiger partial charge in [-0.25, -0.2) is 4.98 Å². The van der Waals surface area contributed by atoms with E-state index >= 15 is 0 Å². The number of piperidine rings is 1. The Kier molecular flexibility index (Phi) is 3.91. The molecule has 0 aromatic carbocycles. The van der Waals surface area contributed by atoms with Crippen molar-refractivity contribution in [3.63, 3.8) is 0 Å². The van der Waals surface area contributed by atoms with Gasteiger partial charge in [0.2, 0.25) is 0 Å². The lowest BCUT2D eigenvalue weighted by Gasteiger charge is -2.22. The molecule has 3 N–H and O–H groups in total. The Morgan fingerprint density at radius 1 is 1.30 bits per heavy atom. The summed E-state index contributed by atoms with van der Waals surface area (Å²) in [6.07, 6.45) is 6.10. The predicted molar refractivity (Wildman–Crippen MR) is 125 cm³/mol. The fourth-order valence-corrected chi connectivity index (χ4v) is 6.50. The number of hydrogen-bond acceptors (Lipinski definition) is 6. The summed E-state index contributed by atoms with van der Waals surface area (Å²) in [7, 11) is 0. The Bertz CT molecular complexity index is 1230. The number of fused-ring (bicyclic) bond motifs is 1. The second kappa shape index (κ2) is 6.68. The lowest BCUT2D eigenvalue weighted by atomic mass is 9.97. The molecule has 170 valence electrons. The molecule has 33 heavy (non-hydrogen) atoms. The number of pyridine rings is 1. The molecule has 0 spiro atoms. The van der Waals surface area contributed by atoms with E-state index in [0.29, 0.717) is 17.9 Å². The van der Waals surface area contributed by atoms with E-state index in [4.69, 9.17) is 10.7 Å². The standard InChI is InChI=1S/C25H29N7O/c1-12-7-17-16(24(26)28-12)4-5-19(17)30-25(33)15-8-27-31(10-15)9-14-3-6-20(29-13(14)2)32-11-18-21-22(18)23(21)32/h3,6,8,10,12,18-19,21-23H,4-5,7,9,11H2,1-2H3,(H2,26,28)(H,30,33)/t12?,18?,19-,21?,22?,23?/m1/s1. The molecule has 2 saturated heterocycles. The number of amidine groups is 1. The predicted octanol–water partition coefficient (Wildman–Crippen LogP) is 2.04. The van der Waals surface area contributed by atoms with Gasteiger partial charge in [-0.3, -0.25) is 14.5 Å². The summed E-state index contributed by atoms with van der Waals surface area (Å²) in [4.78, 5) is 24.8. The van der Waals surface area contributed by atoms with Crippen molar-refractivity contribution < 1.29 is 4.79 Å². The number of carbonyl (C=O) groups is 1. The SMILES string of the molecule is Cc1nc(N2CC3C4C3C42)ccc1Cn1cc(C(=O)N[C@@H]2CCC3=C2CC(C)N=C3N)cn1. The molecule has 0 radical (unpaired) electrons. The van der Waals surface area contributed by atoms with Gasteiger partial charge in [0.1, 0.15) is 11.7 Å². The maximum absolute atomic E-state index is 12.9. The maximum atomic E-state index is 12.9. The van der Waals surface area contributed by atoms with Crippen LogP contribution in [-0.4, -0.2) is 51.2 Å². The lowest BCUT2D eigenvalue weighted by Crippen LogP contribution is -2.36. The van der Waals surface area contributed by atoms with Crippen LogP contribution in [-0.2, 0) is 6.54 Å². The molecule has 2 bridgehead atoms. The van der Waals surface area contributed by atoms with Crippen molar-refractivity contribution in [2.24, 2.45) is 28.5 Å². The Hall–Kier alpha value is -3.16. The molecular formula is C25H29N7O. The third-order valence-corrected chi connectivity index (χ3v) is 8.39. The van der Waals surface area contributed by atoms with E-state index in [1.165, 1.54) is 12.1 Å². The van der Waals surface area contributed by atoms with Crippen LogP contribution >= 0.6 is 0 Å². The number of anilines is 1. The van der Waals surface area contributed by atoms with Crippen LogP contribution in [0.25, 0.3) is 0 Å².